The van der Waals surface area contributed by atoms with Crippen LogP contribution in [-0.4, -0.2) is 23.5 Å². The highest BCUT2D eigenvalue weighted by Gasteiger charge is 2.50. The summed E-state index contributed by atoms with van der Waals surface area (Å²) in [5.74, 6) is -1.11. The molecule has 0 bridgehead atoms. The fraction of sp³-hybridized carbons (Fsp3) is 0.500. The average Bonchev–Trinajstić information content (AvgIpc) is 2.91. The summed E-state index contributed by atoms with van der Waals surface area (Å²) in [6, 6.07) is 3.82. The molecule has 0 spiro atoms. The molecular formula is C12H15NO3S. The number of carbonyl (C=O) groups excluding carboxylic acids is 1. The number of hydrogen-bond acceptors (Lipinski definition) is 3. The number of carboxylic acids is 1. The third kappa shape index (κ3) is 2.49. The van der Waals surface area contributed by atoms with Crippen molar-refractivity contribution < 1.29 is 14.7 Å². The molecule has 1 fully saturated rings. The first kappa shape index (κ1) is 12.1. The van der Waals surface area contributed by atoms with E-state index in [1.165, 1.54) is 11.3 Å². The maximum Gasteiger partial charge on any atom is 0.311 e. The zero-order valence-corrected chi connectivity index (χ0v) is 10.4. The molecule has 4 nitrogen and oxygen atoms in total. The number of carbonyl (C=O) groups is 2. The zero-order chi connectivity index (χ0) is 12.5. The van der Waals surface area contributed by atoms with E-state index < -0.39 is 11.4 Å². The molecule has 1 aromatic rings. The lowest BCUT2D eigenvalue weighted by Crippen LogP contribution is -2.36. The largest absolute Gasteiger partial charge is 0.481 e. The van der Waals surface area contributed by atoms with Gasteiger partial charge in [0.2, 0.25) is 5.91 Å². The molecule has 1 aliphatic rings. The van der Waals surface area contributed by atoms with Gasteiger partial charge in [-0.25, -0.2) is 0 Å². The van der Waals surface area contributed by atoms with Crippen LogP contribution in [0.25, 0.3) is 0 Å². The summed E-state index contributed by atoms with van der Waals surface area (Å²) in [7, 11) is 0. The van der Waals surface area contributed by atoms with Gasteiger partial charge in [-0.2, -0.15) is 0 Å². The van der Waals surface area contributed by atoms with Crippen LogP contribution in [0.1, 0.15) is 30.6 Å². The van der Waals surface area contributed by atoms with Gasteiger partial charge >= 0.3 is 5.97 Å². The van der Waals surface area contributed by atoms with E-state index in [4.69, 9.17) is 5.11 Å². The standard InChI is InChI=1S/C12H15NO3S/c1-8(9-3-2-6-17-9)10(14)13-7-12(4-5-12)11(15)16/h2-3,6,8H,4-5,7H2,1H3,(H,13,14)(H,15,16). The molecule has 1 amide bonds. The number of amides is 1. The first-order valence-corrected chi connectivity index (χ1v) is 6.48. The molecule has 1 atom stereocenters. The van der Waals surface area contributed by atoms with Crippen LogP contribution in [0, 0.1) is 5.41 Å². The Morgan fingerprint density at radius 3 is 2.76 bits per heavy atom. The molecule has 1 aromatic heterocycles. The molecule has 1 aliphatic carbocycles. The predicted molar refractivity (Wildman–Crippen MR) is 65.0 cm³/mol. The molecule has 0 saturated heterocycles. The van der Waals surface area contributed by atoms with Crippen LogP contribution >= 0.6 is 11.3 Å². The average molecular weight is 253 g/mol. The van der Waals surface area contributed by atoms with Crippen LogP contribution in [-0.2, 0) is 9.59 Å². The second-order valence-electron chi connectivity index (χ2n) is 4.54. The Hall–Kier alpha value is -1.36. The van der Waals surface area contributed by atoms with Gasteiger partial charge in [0.15, 0.2) is 0 Å². The molecule has 0 aromatic carbocycles. The number of hydrogen-bond donors (Lipinski definition) is 2. The Bertz CT molecular complexity index is 423. The third-order valence-electron chi connectivity index (χ3n) is 3.27. The second-order valence-corrected chi connectivity index (χ2v) is 5.52. The van der Waals surface area contributed by atoms with Crippen LogP contribution in [0.2, 0.25) is 0 Å². The third-order valence-corrected chi connectivity index (χ3v) is 4.33. The normalized spacial score (nSPS) is 18.4. The molecule has 5 heteroatoms. The minimum Gasteiger partial charge on any atom is -0.481 e. The Labute approximate surface area is 104 Å². The number of carboxylic acid groups (broad SMARTS) is 1. The second kappa shape index (κ2) is 4.49. The van der Waals surface area contributed by atoms with Crippen molar-refractivity contribution in [3.8, 4) is 0 Å². The van der Waals surface area contributed by atoms with Crippen molar-refractivity contribution in [1.82, 2.24) is 5.32 Å². The monoisotopic (exact) mass is 253 g/mol. The minimum atomic E-state index is -0.804. The van der Waals surface area contributed by atoms with E-state index in [0.717, 1.165) is 4.88 Å². The molecule has 0 radical (unpaired) electrons. The highest BCUT2D eigenvalue weighted by molar-refractivity contribution is 7.10. The van der Waals surface area contributed by atoms with Crippen molar-refractivity contribution in [2.75, 3.05) is 6.54 Å². The fourth-order valence-electron chi connectivity index (χ4n) is 1.69. The van der Waals surface area contributed by atoms with E-state index >= 15 is 0 Å². The van der Waals surface area contributed by atoms with Crippen molar-refractivity contribution in [2.24, 2.45) is 5.41 Å². The summed E-state index contributed by atoms with van der Waals surface area (Å²) in [5, 5.41) is 13.7. The Morgan fingerprint density at radius 1 is 1.59 bits per heavy atom. The SMILES string of the molecule is CC(C(=O)NCC1(C(=O)O)CC1)c1cccs1. The molecule has 1 heterocycles. The van der Waals surface area contributed by atoms with Gasteiger partial charge in [-0.3, -0.25) is 9.59 Å². The molecule has 0 aliphatic heterocycles. The van der Waals surface area contributed by atoms with Gasteiger partial charge < -0.3 is 10.4 Å². The molecule has 1 saturated carbocycles. The first-order valence-electron chi connectivity index (χ1n) is 5.60. The van der Waals surface area contributed by atoms with Crippen LogP contribution in [0.3, 0.4) is 0 Å². The van der Waals surface area contributed by atoms with E-state index in [-0.39, 0.29) is 18.4 Å². The molecule has 92 valence electrons. The molecular weight excluding hydrogens is 238 g/mol. The Balaban J connectivity index is 1.88. The topological polar surface area (TPSA) is 66.4 Å². The van der Waals surface area contributed by atoms with E-state index in [2.05, 4.69) is 5.32 Å². The summed E-state index contributed by atoms with van der Waals surface area (Å²) < 4.78 is 0. The summed E-state index contributed by atoms with van der Waals surface area (Å²) in [5.41, 5.74) is -0.690. The van der Waals surface area contributed by atoms with E-state index in [9.17, 15) is 9.59 Å². The summed E-state index contributed by atoms with van der Waals surface area (Å²) in [6.45, 7) is 2.08. The predicted octanol–water partition coefficient (Wildman–Crippen LogP) is 1.83. The number of rotatable bonds is 5. The van der Waals surface area contributed by atoms with Gasteiger partial charge in [0.25, 0.3) is 0 Å². The van der Waals surface area contributed by atoms with Crippen molar-refractivity contribution in [3.05, 3.63) is 22.4 Å². The van der Waals surface area contributed by atoms with Crippen LogP contribution in [0.15, 0.2) is 17.5 Å². The van der Waals surface area contributed by atoms with Gasteiger partial charge in [-0.1, -0.05) is 6.07 Å². The van der Waals surface area contributed by atoms with Crippen molar-refractivity contribution in [3.63, 3.8) is 0 Å². The van der Waals surface area contributed by atoms with Crippen molar-refractivity contribution in [2.45, 2.75) is 25.7 Å². The maximum atomic E-state index is 11.8. The Morgan fingerprint density at radius 2 is 2.29 bits per heavy atom. The zero-order valence-electron chi connectivity index (χ0n) is 9.60. The van der Waals surface area contributed by atoms with Gasteiger partial charge in [0.1, 0.15) is 0 Å². The van der Waals surface area contributed by atoms with Crippen LogP contribution in [0.4, 0.5) is 0 Å². The van der Waals surface area contributed by atoms with E-state index in [0.29, 0.717) is 12.8 Å². The van der Waals surface area contributed by atoms with Crippen molar-refractivity contribution >= 4 is 23.2 Å². The lowest BCUT2D eigenvalue weighted by atomic mass is 10.1. The van der Waals surface area contributed by atoms with E-state index in [1.807, 2.05) is 24.4 Å². The maximum absolute atomic E-state index is 11.8. The quantitative estimate of drug-likeness (QED) is 0.841. The number of thiophene rings is 1. The van der Waals surface area contributed by atoms with Gasteiger partial charge in [0.05, 0.1) is 11.3 Å². The lowest BCUT2D eigenvalue weighted by Gasteiger charge is -2.14. The first-order chi connectivity index (χ1) is 8.05. The van der Waals surface area contributed by atoms with Crippen LogP contribution < -0.4 is 5.32 Å². The lowest BCUT2D eigenvalue weighted by molar-refractivity contribution is -0.143. The fourth-order valence-corrected chi connectivity index (χ4v) is 2.48. The molecule has 2 N–H and O–H groups in total. The van der Waals surface area contributed by atoms with Gasteiger partial charge in [-0.05, 0) is 31.2 Å². The number of nitrogens with one attached hydrogen (secondary N) is 1. The molecule has 2 rings (SSSR count). The molecule has 17 heavy (non-hydrogen) atoms. The highest BCUT2D eigenvalue weighted by atomic mass is 32.1. The summed E-state index contributed by atoms with van der Waals surface area (Å²) in [6.07, 6.45) is 1.33. The van der Waals surface area contributed by atoms with Crippen LogP contribution in [0.5, 0.6) is 0 Å². The van der Waals surface area contributed by atoms with Gasteiger partial charge in [0, 0.05) is 11.4 Å². The summed E-state index contributed by atoms with van der Waals surface area (Å²) >= 11 is 1.54. The minimum absolute atomic E-state index is 0.0972. The highest BCUT2D eigenvalue weighted by Crippen LogP contribution is 2.45. The van der Waals surface area contributed by atoms with Crippen molar-refractivity contribution in [1.29, 1.82) is 0 Å². The van der Waals surface area contributed by atoms with E-state index in [1.54, 1.807) is 0 Å². The Kier molecular flexibility index (Phi) is 3.19. The molecule has 1 unspecified atom stereocenters. The van der Waals surface area contributed by atoms with Gasteiger partial charge in [-0.15, -0.1) is 11.3 Å². The smallest absolute Gasteiger partial charge is 0.311 e. The number of aliphatic carboxylic acids is 1. The summed E-state index contributed by atoms with van der Waals surface area (Å²) in [4.78, 5) is 23.8.